The van der Waals surface area contributed by atoms with Crippen LogP contribution in [0.5, 0.6) is 0 Å². The van der Waals surface area contributed by atoms with Crippen LogP contribution >= 0.6 is 23.1 Å². The van der Waals surface area contributed by atoms with Crippen LogP contribution in [0.4, 0.5) is 0 Å². The van der Waals surface area contributed by atoms with Gasteiger partial charge in [0.15, 0.2) is 5.16 Å². The molecular formula is C17H25N3O2S2. The quantitative estimate of drug-likeness (QED) is 0.580. The molecule has 2 atom stereocenters. The van der Waals surface area contributed by atoms with Gasteiger partial charge in [0.2, 0.25) is 5.91 Å². The summed E-state index contributed by atoms with van der Waals surface area (Å²) >= 11 is 2.84. The lowest BCUT2D eigenvalue weighted by molar-refractivity contribution is -0.120. The van der Waals surface area contributed by atoms with Crippen LogP contribution in [0.25, 0.3) is 10.2 Å². The molecular weight excluding hydrogens is 342 g/mol. The molecule has 5 nitrogen and oxygen atoms in total. The van der Waals surface area contributed by atoms with Gasteiger partial charge in [0.05, 0.1) is 10.6 Å². The third-order valence-electron chi connectivity index (χ3n) is 4.10. The number of H-pyrrole nitrogens is 1. The first-order valence-corrected chi connectivity index (χ1v) is 10.0. The number of hydrogen-bond acceptors (Lipinski definition) is 5. The number of rotatable bonds is 7. The fourth-order valence-electron chi connectivity index (χ4n) is 2.49. The van der Waals surface area contributed by atoms with Gasteiger partial charge in [-0.3, -0.25) is 9.59 Å². The van der Waals surface area contributed by atoms with Crippen LogP contribution in [0.3, 0.4) is 0 Å². The van der Waals surface area contributed by atoms with Crippen molar-refractivity contribution in [2.24, 2.45) is 5.92 Å². The molecule has 1 amide bonds. The summed E-state index contributed by atoms with van der Waals surface area (Å²) in [6.45, 7) is 10.7. The first kappa shape index (κ1) is 19.0. The number of hydrogen-bond donors (Lipinski definition) is 2. The molecule has 0 fully saturated rings. The molecule has 7 heteroatoms. The van der Waals surface area contributed by atoms with Gasteiger partial charge in [0.1, 0.15) is 4.83 Å². The molecule has 0 radical (unpaired) electrons. The Balaban J connectivity index is 2.34. The van der Waals surface area contributed by atoms with Gasteiger partial charge in [-0.1, -0.05) is 32.0 Å². The molecule has 0 spiro atoms. The van der Waals surface area contributed by atoms with Crippen molar-refractivity contribution in [1.29, 1.82) is 0 Å². The van der Waals surface area contributed by atoms with E-state index in [0.29, 0.717) is 23.0 Å². The number of thiophene rings is 1. The van der Waals surface area contributed by atoms with Crippen LogP contribution in [0.1, 0.15) is 44.6 Å². The van der Waals surface area contributed by atoms with Crippen LogP contribution in [0.15, 0.2) is 9.95 Å². The van der Waals surface area contributed by atoms with E-state index in [4.69, 9.17) is 0 Å². The zero-order chi connectivity index (χ0) is 17.9. The molecule has 0 aliphatic heterocycles. The Labute approximate surface area is 150 Å². The van der Waals surface area contributed by atoms with Gasteiger partial charge in [-0.25, -0.2) is 4.98 Å². The number of carbonyl (C=O) groups excluding carboxylic acids is 1. The van der Waals surface area contributed by atoms with E-state index < -0.39 is 0 Å². The second kappa shape index (κ2) is 8.16. The van der Waals surface area contributed by atoms with Crippen molar-refractivity contribution in [2.75, 3.05) is 6.54 Å². The summed E-state index contributed by atoms with van der Waals surface area (Å²) in [4.78, 5) is 33.8. The molecule has 24 heavy (non-hydrogen) atoms. The number of nitrogens with one attached hydrogen (secondary N) is 2. The molecule has 0 unspecified atom stereocenters. The van der Waals surface area contributed by atoms with Gasteiger partial charge in [-0.2, -0.15) is 0 Å². The maximum Gasteiger partial charge on any atom is 0.260 e. The normalized spacial score (nSPS) is 13.9. The average molecular weight is 368 g/mol. The minimum Gasteiger partial charge on any atom is -0.355 e. The fraction of sp³-hybridized carbons (Fsp3) is 0.588. The number of aromatic amines is 1. The standard InChI is InChI=1S/C17H25N3O2S2/c1-6-9(3)8-12-10(4)23-16-13(12)15(22)19-17(20-16)24-11(5)14(21)18-7-2/h9,11H,6-8H2,1-5H3,(H,18,21)(H,19,20,22)/t9-,11-/m0/s1. The molecule has 0 aromatic carbocycles. The molecule has 0 bridgehead atoms. The van der Waals surface area contributed by atoms with E-state index in [2.05, 4.69) is 29.1 Å². The molecule has 132 valence electrons. The molecule has 0 saturated carbocycles. The summed E-state index contributed by atoms with van der Waals surface area (Å²) < 4.78 is 0. The van der Waals surface area contributed by atoms with Crippen molar-refractivity contribution in [1.82, 2.24) is 15.3 Å². The summed E-state index contributed by atoms with van der Waals surface area (Å²) in [7, 11) is 0. The van der Waals surface area contributed by atoms with Crippen molar-refractivity contribution in [2.45, 2.75) is 57.9 Å². The van der Waals surface area contributed by atoms with Crippen LogP contribution in [0.2, 0.25) is 0 Å². The van der Waals surface area contributed by atoms with E-state index in [-0.39, 0.29) is 16.7 Å². The lowest BCUT2D eigenvalue weighted by atomic mass is 9.98. The van der Waals surface area contributed by atoms with Gasteiger partial charge < -0.3 is 10.3 Å². The van der Waals surface area contributed by atoms with Crippen LogP contribution in [-0.4, -0.2) is 27.7 Å². The fourth-order valence-corrected chi connectivity index (χ4v) is 4.42. The Morgan fingerprint density at radius 3 is 2.71 bits per heavy atom. The Bertz CT molecular complexity index is 782. The van der Waals surface area contributed by atoms with E-state index in [1.165, 1.54) is 11.8 Å². The second-order valence-electron chi connectivity index (χ2n) is 6.06. The lowest BCUT2D eigenvalue weighted by Crippen LogP contribution is -2.30. The second-order valence-corrected chi connectivity index (χ2v) is 8.59. The lowest BCUT2D eigenvalue weighted by Gasteiger charge is -2.10. The highest BCUT2D eigenvalue weighted by Gasteiger charge is 2.19. The monoisotopic (exact) mass is 367 g/mol. The van der Waals surface area contributed by atoms with Crippen molar-refractivity contribution in [3.8, 4) is 0 Å². The molecule has 0 aliphatic rings. The van der Waals surface area contributed by atoms with Crippen molar-refractivity contribution in [3.05, 3.63) is 20.8 Å². The molecule has 0 saturated heterocycles. The van der Waals surface area contributed by atoms with Crippen LogP contribution in [-0.2, 0) is 11.2 Å². The van der Waals surface area contributed by atoms with Gasteiger partial charge in [-0.05, 0) is 38.7 Å². The maximum absolute atomic E-state index is 12.6. The van der Waals surface area contributed by atoms with Gasteiger partial charge in [0.25, 0.3) is 5.56 Å². The van der Waals surface area contributed by atoms with E-state index >= 15 is 0 Å². The maximum atomic E-state index is 12.6. The van der Waals surface area contributed by atoms with Crippen LogP contribution < -0.4 is 10.9 Å². The Kier molecular flexibility index (Phi) is 6.46. The van der Waals surface area contributed by atoms with Gasteiger partial charge in [0, 0.05) is 11.4 Å². The number of aryl methyl sites for hydroxylation is 1. The highest BCUT2D eigenvalue weighted by molar-refractivity contribution is 8.00. The number of amides is 1. The Morgan fingerprint density at radius 2 is 2.08 bits per heavy atom. The number of nitrogens with zero attached hydrogens (tertiary/aromatic N) is 1. The predicted octanol–water partition coefficient (Wildman–Crippen LogP) is 3.50. The largest absolute Gasteiger partial charge is 0.355 e. The SMILES string of the molecule is CCNC(=O)[C@H](C)Sc1nc2sc(C)c(C[C@@H](C)CC)c2c(=O)[nH]1. The zero-order valence-corrected chi connectivity index (χ0v) is 16.5. The van der Waals surface area contributed by atoms with E-state index in [0.717, 1.165) is 28.1 Å². The highest BCUT2D eigenvalue weighted by Crippen LogP contribution is 2.31. The minimum absolute atomic E-state index is 0.0509. The molecule has 2 rings (SSSR count). The highest BCUT2D eigenvalue weighted by atomic mass is 32.2. The molecule has 2 aromatic rings. The van der Waals surface area contributed by atoms with E-state index in [1.54, 1.807) is 11.3 Å². The zero-order valence-electron chi connectivity index (χ0n) is 14.9. The number of fused-ring (bicyclic) bond motifs is 1. The Morgan fingerprint density at radius 1 is 1.38 bits per heavy atom. The molecule has 2 N–H and O–H groups in total. The number of aromatic nitrogens is 2. The number of thioether (sulfide) groups is 1. The summed E-state index contributed by atoms with van der Waals surface area (Å²) in [5.74, 6) is 0.484. The van der Waals surface area contributed by atoms with E-state index in [9.17, 15) is 9.59 Å². The Hall–Kier alpha value is -1.34. The summed E-state index contributed by atoms with van der Waals surface area (Å²) in [6, 6.07) is 0. The third kappa shape index (κ3) is 4.19. The van der Waals surface area contributed by atoms with Crippen molar-refractivity contribution in [3.63, 3.8) is 0 Å². The first-order valence-electron chi connectivity index (χ1n) is 8.33. The summed E-state index contributed by atoms with van der Waals surface area (Å²) in [5, 5.41) is 3.70. The van der Waals surface area contributed by atoms with Gasteiger partial charge >= 0.3 is 0 Å². The van der Waals surface area contributed by atoms with Crippen LogP contribution in [0, 0.1) is 12.8 Å². The summed E-state index contributed by atoms with van der Waals surface area (Å²) in [5.41, 5.74) is 1.01. The van der Waals surface area contributed by atoms with Crippen molar-refractivity contribution >= 4 is 39.2 Å². The van der Waals surface area contributed by atoms with Crippen molar-refractivity contribution < 1.29 is 4.79 Å². The minimum atomic E-state index is -0.300. The number of carbonyl (C=O) groups is 1. The summed E-state index contributed by atoms with van der Waals surface area (Å²) in [6.07, 6.45) is 1.98. The van der Waals surface area contributed by atoms with E-state index in [1.807, 2.05) is 20.8 Å². The smallest absolute Gasteiger partial charge is 0.260 e. The average Bonchev–Trinajstić information content (AvgIpc) is 2.83. The first-order chi connectivity index (χ1) is 11.4. The molecule has 0 aliphatic carbocycles. The third-order valence-corrected chi connectivity index (χ3v) is 6.12. The molecule has 2 heterocycles. The van der Waals surface area contributed by atoms with Gasteiger partial charge in [-0.15, -0.1) is 11.3 Å². The topological polar surface area (TPSA) is 74.8 Å². The molecule has 2 aromatic heterocycles. The predicted molar refractivity (Wildman–Crippen MR) is 102 cm³/mol.